The molecule has 0 unspecified atom stereocenters. The zero-order valence-corrected chi connectivity index (χ0v) is 14.1. The molecule has 0 bridgehead atoms. The molecule has 0 aliphatic rings. The number of H-pyrrole nitrogens is 1. The molecule has 1 atom stereocenters. The molecule has 2 aromatic heterocycles. The molecule has 0 radical (unpaired) electrons. The van der Waals surface area contributed by atoms with Crippen LogP contribution in [0.3, 0.4) is 0 Å². The number of carbonyl (C=O) groups excluding carboxylic acids is 1. The van der Waals surface area contributed by atoms with E-state index in [1.165, 1.54) is 12.3 Å². The number of thioether (sulfide) groups is 1. The van der Waals surface area contributed by atoms with Gasteiger partial charge in [-0.05, 0) is 25.1 Å². The van der Waals surface area contributed by atoms with Gasteiger partial charge in [0.15, 0.2) is 10.2 Å². The number of hydrogen-bond donors (Lipinski definition) is 2. The highest BCUT2D eigenvalue weighted by atomic mass is 35.5. The van der Waals surface area contributed by atoms with Crippen molar-refractivity contribution in [1.82, 2.24) is 4.98 Å². The number of anilines is 2. The molecule has 4 N–H and O–H groups in total. The summed E-state index contributed by atoms with van der Waals surface area (Å²) in [5, 5.41) is 20.9. The monoisotopic (exact) mass is 359 g/mol. The Kier molecular flexibility index (Phi) is 5.59. The summed E-state index contributed by atoms with van der Waals surface area (Å²) in [6.07, 6.45) is 1.52. The largest absolute Gasteiger partial charge is 0.322 e. The van der Waals surface area contributed by atoms with Gasteiger partial charge in [0.25, 0.3) is 5.82 Å². The number of aromatic amines is 1. The zero-order valence-electron chi connectivity index (χ0n) is 12.5. The van der Waals surface area contributed by atoms with Crippen LogP contribution in [-0.2, 0) is 4.79 Å². The summed E-state index contributed by atoms with van der Waals surface area (Å²) < 4.78 is 0. The third kappa shape index (κ3) is 3.93. The van der Waals surface area contributed by atoms with Crippen molar-refractivity contribution in [2.24, 2.45) is 0 Å². The minimum atomic E-state index is -0.544. The van der Waals surface area contributed by atoms with Crippen LogP contribution in [0.2, 0.25) is 5.15 Å². The number of hydrogen-bond acceptors (Lipinski definition) is 6. The molecule has 7 nitrogen and oxygen atoms in total. The molecule has 0 aliphatic carbocycles. The normalized spacial score (nSPS) is 11.2. The average Bonchev–Trinajstić information content (AvgIpc) is 2.57. The van der Waals surface area contributed by atoms with Crippen LogP contribution in [-0.4, -0.2) is 16.1 Å². The van der Waals surface area contributed by atoms with Gasteiger partial charge >= 0.3 is 0 Å². The van der Waals surface area contributed by atoms with Crippen LogP contribution < -0.4 is 16.0 Å². The third-order valence-electron chi connectivity index (χ3n) is 2.99. The van der Waals surface area contributed by atoms with E-state index in [1.54, 1.807) is 19.1 Å². The van der Waals surface area contributed by atoms with Crippen molar-refractivity contribution < 1.29 is 9.78 Å². The minimum absolute atomic E-state index is 0.141. The number of aromatic nitrogens is 2. The van der Waals surface area contributed by atoms with Gasteiger partial charge in [-0.25, -0.2) is 9.97 Å². The Hall–Kier alpha value is -2.81. The van der Waals surface area contributed by atoms with E-state index < -0.39 is 5.25 Å². The number of rotatable bonds is 4. The Morgan fingerprint density at radius 1 is 1.46 bits per heavy atom. The molecule has 0 aromatic carbocycles. The van der Waals surface area contributed by atoms with Gasteiger partial charge in [-0.1, -0.05) is 23.4 Å². The zero-order chi connectivity index (χ0) is 17.7. The van der Waals surface area contributed by atoms with Crippen molar-refractivity contribution in [3.8, 4) is 12.1 Å². The molecular formula is C15H12ClN6OS+. The number of carbonyl (C=O) groups is 1. The number of amides is 1. The van der Waals surface area contributed by atoms with Gasteiger partial charge in [0.2, 0.25) is 5.91 Å². The highest BCUT2D eigenvalue weighted by Gasteiger charge is 2.22. The number of nitriles is 2. The predicted octanol–water partition coefficient (Wildman–Crippen LogP) is 1.99. The van der Waals surface area contributed by atoms with Gasteiger partial charge < -0.3 is 5.32 Å². The number of nitrogen functional groups attached to an aromatic ring is 1. The fourth-order valence-electron chi connectivity index (χ4n) is 1.76. The fourth-order valence-corrected chi connectivity index (χ4v) is 2.84. The van der Waals surface area contributed by atoms with Crippen molar-refractivity contribution in [3.05, 3.63) is 40.7 Å². The van der Waals surface area contributed by atoms with Gasteiger partial charge in [-0.2, -0.15) is 10.5 Å². The summed E-state index contributed by atoms with van der Waals surface area (Å²) in [6, 6.07) is 8.55. The van der Waals surface area contributed by atoms with Crippen LogP contribution in [0.5, 0.6) is 0 Å². The molecule has 0 fully saturated rings. The van der Waals surface area contributed by atoms with E-state index >= 15 is 0 Å². The molecule has 0 saturated heterocycles. The summed E-state index contributed by atoms with van der Waals surface area (Å²) in [7, 11) is 0. The van der Waals surface area contributed by atoms with Crippen LogP contribution in [0.4, 0.5) is 11.5 Å². The topological polar surface area (TPSA) is 130 Å². The van der Waals surface area contributed by atoms with Gasteiger partial charge in [0, 0.05) is 6.20 Å². The van der Waals surface area contributed by atoms with E-state index in [1.807, 2.05) is 12.1 Å². The highest BCUT2D eigenvalue weighted by Crippen LogP contribution is 2.26. The summed E-state index contributed by atoms with van der Waals surface area (Å²) >= 11 is 7.02. The molecule has 2 rings (SSSR count). The molecule has 0 spiro atoms. The number of nitrogens with zero attached hydrogens (tertiary/aromatic N) is 3. The van der Waals surface area contributed by atoms with E-state index in [2.05, 4.69) is 15.3 Å². The Labute approximate surface area is 147 Å². The average molecular weight is 360 g/mol. The minimum Gasteiger partial charge on any atom is -0.322 e. The van der Waals surface area contributed by atoms with Crippen LogP contribution >= 0.6 is 23.4 Å². The van der Waals surface area contributed by atoms with Crippen LogP contribution in [0, 0.1) is 22.7 Å². The van der Waals surface area contributed by atoms with E-state index in [0.29, 0.717) is 10.7 Å². The summed E-state index contributed by atoms with van der Waals surface area (Å²) in [4.78, 5) is 18.9. The molecule has 24 heavy (non-hydrogen) atoms. The first kappa shape index (κ1) is 17.5. The number of nitrogens with one attached hydrogen (secondary N) is 2. The Balaban J connectivity index is 2.18. The maximum Gasteiger partial charge on any atom is 0.289 e. The molecule has 0 aliphatic heterocycles. The Morgan fingerprint density at radius 2 is 2.17 bits per heavy atom. The van der Waals surface area contributed by atoms with Gasteiger partial charge in [0.1, 0.15) is 23.3 Å². The van der Waals surface area contributed by atoms with Crippen LogP contribution in [0.1, 0.15) is 18.1 Å². The number of pyridine rings is 2. The molecule has 2 heterocycles. The summed E-state index contributed by atoms with van der Waals surface area (Å²) in [5.74, 6) is -0.169. The van der Waals surface area contributed by atoms with E-state index in [4.69, 9.17) is 22.6 Å². The smallest absolute Gasteiger partial charge is 0.289 e. The summed E-state index contributed by atoms with van der Waals surface area (Å²) in [5.41, 5.74) is 6.54. The maximum atomic E-state index is 12.3. The molecule has 9 heteroatoms. The van der Waals surface area contributed by atoms with Crippen molar-refractivity contribution in [2.75, 3.05) is 11.1 Å². The first-order valence-corrected chi connectivity index (χ1v) is 7.96. The van der Waals surface area contributed by atoms with Crippen molar-refractivity contribution in [1.29, 1.82) is 10.5 Å². The van der Waals surface area contributed by atoms with E-state index in [-0.39, 0.29) is 28.0 Å². The number of halogens is 1. The van der Waals surface area contributed by atoms with Gasteiger partial charge in [-0.3, -0.25) is 10.5 Å². The second-order valence-corrected chi connectivity index (χ2v) is 6.36. The van der Waals surface area contributed by atoms with E-state index in [0.717, 1.165) is 11.8 Å². The van der Waals surface area contributed by atoms with Crippen molar-refractivity contribution in [2.45, 2.75) is 17.2 Å². The highest BCUT2D eigenvalue weighted by molar-refractivity contribution is 8.00. The molecule has 0 saturated carbocycles. The second kappa shape index (κ2) is 7.64. The standard InChI is InChI=1S/C15H11ClN6OS/c1-8(14(23)21-11-3-2-4-20-12(11)16)24-15-10(7-18)5-9(6-17)13(19)22-15/h2-5,8H,1H3,(H2,19,22)(H,21,23)/p+1/t8-/m1/s1. The van der Waals surface area contributed by atoms with Gasteiger partial charge in [-0.15, -0.1) is 0 Å². The molecule has 120 valence electrons. The molecular weight excluding hydrogens is 348 g/mol. The fraction of sp³-hybridized carbons (Fsp3) is 0.133. The quantitative estimate of drug-likeness (QED) is 0.634. The SMILES string of the molecule is C[C@@H](Sc1[nH+]c(N)c(C#N)cc1C#N)C(=O)Nc1cccnc1Cl. The van der Waals surface area contributed by atoms with Crippen LogP contribution in [0.15, 0.2) is 29.4 Å². The predicted molar refractivity (Wildman–Crippen MR) is 90.0 cm³/mol. The third-order valence-corrected chi connectivity index (χ3v) is 4.42. The first-order valence-electron chi connectivity index (χ1n) is 6.70. The lowest BCUT2D eigenvalue weighted by molar-refractivity contribution is -0.410. The van der Waals surface area contributed by atoms with Crippen LogP contribution in [0.25, 0.3) is 0 Å². The van der Waals surface area contributed by atoms with Gasteiger partial charge in [0.05, 0.1) is 10.9 Å². The van der Waals surface area contributed by atoms with Crippen molar-refractivity contribution >= 4 is 40.8 Å². The lowest BCUT2D eigenvalue weighted by Gasteiger charge is -2.12. The van der Waals surface area contributed by atoms with Crippen molar-refractivity contribution in [3.63, 3.8) is 0 Å². The summed E-state index contributed by atoms with van der Waals surface area (Å²) in [6.45, 7) is 1.67. The molecule has 1 amide bonds. The Morgan fingerprint density at radius 3 is 2.79 bits per heavy atom. The van der Waals surface area contributed by atoms with E-state index in [9.17, 15) is 10.1 Å². The lowest BCUT2D eigenvalue weighted by Crippen LogP contribution is -2.25. The second-order valence-electron chi connectivity index (χ2n) is 4.65. The Bertz CT molecular complexity index is 873. The molecule has 2 aromatic rings. The maximum absolute atomic E-state index is 12.3. The first-order chi connectivity index (χ1) is 11.5. The lowest BCUT2D eigenvalue weighted by atomic mass is 10.2. The number of nitrogens with two attached hydrogens (primary N) is 1.